The lowest BCUT2D eigenvalue weighted by Crippen LogP contribution is -2.24. The van der Waals surface area contributed by atoms with Gasteiger partial charge in [-0.1, -0.05) is 0 Å². The van der Waals surface area contributed by atoms with Crippen LogP contribution < -0.4 is 0 Å². The van der Waals surface area contributed by atoms with Crippen LogP contribution in [0.3, 0.4) is 0 Å². The Bertz CT molecular complexity index is 197. The van der Waals surface area contributed by atoms with Crippen LogP contribution in [0.15, 0.2) is 0 Å². The molecule has 1 amide bonds. The van der Waals surface area contributed by atoms with Gasteiger partial charge in [-0.25, -0.2) is 0 Å². The number of carbonyl (C=O) groups is 1. The Hall–Kier alpha value is 0.160. The van der Waals surface area contributed by atoms with Crippen LogP contribution in [0.25, 0.3) is 0 Å². The number of fused-ring (bicyclic) bond motifs is 1. The quantitative estimate of drug-likeness (QED) is 0.467. The molecule has 2 saturated heterocycles. The van der Waals surface area contributed by atoms with Gasteiger partial charge in [0.25, 0.3) is 0 Å². The number of carbonyl (C=O) groups excluding carboxylic acids is 1. The van der Waals surface area contributed by atoms with Crippen LogP contribution in [-0.2, 0) is 4.79 Å². The van der Waals surface area contributed by atoms with E-state index >= 15 is 0 Å². The normalized spacial score (nSPS) is 38.4. The zero-order valence-corrected chi connectivity index (χ0v) is 8.61. The van der Waals surface area contributed by atoms with E-state index in [1.54, 1.807) is 0 Å². The monoisotopic (exact) mass is 266 g/mol. The van der Waals surface area contributed by atoms with Crippen LogP contribution >= 0.6 is 22.9 Å². The number of amides is 1. The molecule has 0 aliphatic carbocycles. The van der Waals surface area contributed by atoms with Gasteiger partial charge in [0.15, 0.2) is 0 Å². The molecule has 2 aliphatic rings. The van der Waals surface area contributed by atoms with Crippen LogP contribution in [0.1, 0.15) is 0 Å². The molecule has 2 atom stereocenters. The summed E-state index contributed by atoms with van der Waals surface area (Å²) in [6, 6.07) is 0. The number of hydrogen-bond acceptors (Lipinski definition) is 2. The molecule has 0 aromatic rings. The largest absolute Gasteiger partial charge is 0.305 e. The van der Waals surface area contributed by atoms with E-state index < -0.39 is 0 Å². The van der Waals surface area contributed by atoms with Crippen molar-refractivity contribution >= 4 is 28.8 Å². The van der Waals surface area contributed by atoms with Gasteiger partial charge in [-0.3, -0.25) is 7.91 Å². The molecule has 0 N–H and O–H groups in total. The highest BCUT2D eigenvalue weighted by atomic mass is 127. The van der Waals surface area contributed by atoms with Gasteiger partial charge in [-0.15, -0.1) is 0 Å². The Labute approximate surface area is 80.2 Å². The van der Waals surface area contributed by atoms with E-state index in [0.717, 1.165) is 19.6 Å². The average molecular weight is 266 g/mol. The van der Waals surface area contributed by atoms with Crippen molar-refractivity contribution in [2.45, 2.75) is 0 Å². The minimum absolute atomic E-state index is 0.303. The van der Waals surface area contributed by atoms with Crippen LogP contribution in [0.5, 0.6) is 0 Å². The highest BCUT2D eigenvalue weighted by Gasteiger charge is 2.44. The molecule has 11 heavy (non-hydrogen) atoms. The van der Waals surface area contributed by atoms with E-state index in [2.05, 4.69) is 34.8 Å². The molecule has 0 aromatic heterocycles. The standard InChI is InChI=1S/C7H11IN2O/c1-9-2-5-3-10(8)7(11)6(5)4-9/h5-6H,2-4H2,1H3. The first-order valence-corrected chi connectivity index (χ1v) is 4.80. The topological polar surface area (TPSA) is 23.6 Å². The van der Waals surface area contributed by atoms with Crippen molar-refractivity contribution < 1.29 is 4.79 Å². The summed E-state index contributed by atoms with van der Waals surface area (Å²) in [5, 5.41) is 0. The highest BCUT2D eigenvalue weighted by Crippen LogP contribution is 2.32. The zero-order valence-electron chi connectivity index (χ0n) is 6.46. The van der Waals surface area contributed by atoms with E-state index in [-0.39, 0.29) is 0 Å². The van der Waals surface area contributed by atoms with E-state index in [4.69, 9.17) is 0 Å². The first kappa shape index (κ1) is 7.79. The smallest absolute Gasteiger partial charge is 0.236 e. The summed E-state index contributed by atoms with van der Waals surface area (Å²) in [6.45, 7) is 3.01. The summed E-state index contributed by atoms with van der Waals surface area (Å²) < 4.78 is 1.83. The van der Waals surface area contributed by atoms with Gasteiger partial charge in [0.1, 0.15) is 0 Å². The van der Waals surface area contributed by atoms with E-state index in [1.165, 1.54) is 0 Å². The molecule has 2 unspecified atom stereocenters. The third kappa shape index (κ3) is 1.16. The molecule has 0 saturated carbocycles. The molecule has 2 heterocycles. The minimum atomic E-state index is 0.303. The van der Waals surface area contributed by atoms with Crippen molar-refractivity contribution in [3.05, 3.63) is 0 Å². The Kier molecular flexibility index (Phi) is 1.83. The first-order valence-electron chi connectivity index (χ1n) is 3.84. The summed E-state index contributed by atoms with van der Waals surface area (Å²) in [5.74, 6) is 1.24. The summed E-state index contributed by atoms with van der Waals surface area (Å²) >= 11 is 2.12. The summed E-state index contributed by atoms with van der Waals surface area (Å²) in [4.78, 5) is 13.7. The Morgan fingerprint density at radius 3 is 2.82 bits per heavy atom. The number of halogens is 1. The third-order valence-corrected chi connectivity index (χ3v) is 3.44. The summed E-state index contributed by atoms with van der Waals surface area (Å²) in [6.07, 6.45) is 0. The van der Waals surface area contributed by atoms with Gasteiger partial charge < -0.3 is 4.90 Å². The third-order valence-electron chi connectivity index (χ3n) is 2.57. The summed E-state index contributed by atoms with van der Waals surface area (Å²) in [5.41, 5.74) is 0. The van der Waals surface area contributed by atoms with E-state index in [0.29, 0.717) is 17.7 Å². The van der Waals surface area contributed by atoms with Crippen LogP contribution in [0, 0.1) is 11.8 Å². The Balaban J connectivity index is 2.13. The lowest BCUT2D eigenvalue weighted by atomic mass is 10.0. The molecular formula is C7H11IN2O. The molecule has 2 aliphatic heterocycles. The van der Waals surface area contributed by atoms with Crippen LogP contribution in [-0.4, -0.2) is 40.6 Å². The fourth-order valence-electron chi connectivity index (χ4n) is 2.03. The van der Waals surface area contributed by atoms with Crippen molar-refractivity contribution in [3.8, 4) is 0 Å². The van der Waals surface area contributed by atoms with Crippen molar-refractivity contribution in [1.82, 2.24) is 8.01 Å². The van der Waals surface area contributed by atoms with Crippen molar-refractivity contribution in [2.24, 2.45) is 11.8 Å². The second-order valence-electron chi connectivity index (χ2n) is 3.47. The fourth-order valence-corrected chi connectivity index (χ4v) is 2.89. The molecule has 2 fully saturated rings. The number of nitrogens with zero attached hydrogens (tertiary/aromatic N) is 2. The van der Waals surface area contributed by atoms with Crippen LogP contribution in [0.2, 0.25) is 0 Å². The van der Waals surface area contributed by atoms with Gasteiger partial charge in [0.2, 0.25) is 5.91 Å². The first-order chi connectivity index (χ1) is 5.18. The van der Waals surface area contributed by atoms with Gasteiger partial charge in [-0.2, -0.15) is 0 Å². The predicted octanol–water partition coefficient (Wildman–Crippen LogP) is 0.356. The molecule has 0 bridgehead atoms. The minimum Gasteiger partial charge on any atom is -0.305 e. The maximum atomic E-state index is 11.4. The maximum Gasteiger partial charge on any atom is 0.236 e. The second-order valence-corrected chi connectivity index (χ2v) is 4.64. The SMILES string of the molecule is CN1CC2CN(I)C(=O)C2C1. The molecule has 62 valence electrons. The van der Waals surface area contributed by atoms with Crippen molar-refractivity contribution in [3.63, 3.8) is 0 Å². The maximum absolute atomic E-state index is 11.4. The molecular weight excluding hydrogens is 255 g/mol. The van der Waals surface area contributed by atoms with Gasteiger partial charge in [0, 0.05) is 25.6 Å². The Morgan fingerprint density at radius 1 is 1.45 bits per heavy atom. The summed E-state index contributed by atoms with van der Waals surface area (Å²) in [7, 11) is 2.09. The Morgan fingerprint density at radius 2 is 2.18 bits per heavy atom. The van der Waals surface area contributed by atoms with Crippen molar-refractivity contribution in [2.75, 3.05) is 26.7 Å². The molecule has 4 heteroatoms. The molecule has 0 spiro atoms. The zero-order chi connectivity index (χ0) is 8.01. The number of likely N-dealkylation sites (tertiary alicyclic amines) is 1. The molecule has 2 rings (SSSR count). The average Bonchev–Trinajstić information content (AvgIpc) is 2.37. The second kappa shape index (κ2) is 2.58. The van der Waals surface area contributed by atoms with Gasteiger partial charge in [-0.05, 0) is 7.05 Å². The highest BCUT2D eigenvalue weighted by molar-refractivity contribution is 14.1. The van der Waals surface area contributed by atoms with Gasteiger partial charge >= 0.3 is 0 Å². The fraction of sp³-hybridized carbons (Fsp3) is 0.857. The molecule has 3 nitrogen and oxygen atoms in total. The van der Waals surface area contributed by atoms with Crippen LogP contribution in [0.4, 0.5) is 0 Å². The lowest BCUT2D eigenvalue weighted by Gasteiger charge is -2.11. The predicted molar refractivity (Wildman–Crippen MR) is 50.2 cm³/mol. The molecule has 0 radical (unpaired) electrons. The van der Waals surface area contributed by atoms with Crippen molar-refractivity contribution in [1.29, 1.82) is 0 Å². The number of hydrogen-bond donors (Lipinski definition) is 0. The molecule has 0 aromatic carbocycles. The lowest BCUT2D eigenvalue weighted by molar-refractivity contribution is -0.125. The van der Waals surface area contributed by atoms with E-state index in [1.807, 2.05) is 3.11 Å². The van der Waals surface area contributed by atoms with E-state index in [9.17, 15) is 4.79 Å². The number of rotatable bonds is 0. The van der Waals surface area contributed by atoms with Gasteiger partial charge in [0.05, 0.1) is 28.8 Å².